The second kappa shape index (κ2) is 9.47. The Kier molecular flexibility index (Phi) is 7.01. The van der Waals surface area contributed by atoms with E-state index in [1.54, 1.807) is 24.1 Å². The van der Waals surface area contributed by atoms with Crippen LogP contribution in [0.1, 0.15) is 18.9 Å². The fourth-order valence-electron chi connectivity index (χ4n) is 2.61. The smallest absolute Gasteiger partial charge is 0.261 e. The van der Waals surface area contributed by atoms with E-state index in [0.29, 0.717) is 18.7 Å². The van der Waals surface area contributed by atoms with Gasteiger partial charge in [0.25, 0.3) is 5.91 Å². The maximum atomic E-state index is 12.8. The summed E-state index contributed by atoms with van der Waals surface area (Å²) < 4.78 is 5.57. The molecule has 0 heterocycles. The van der Waals surface area contributed by atoms with Crippen molar-refractivity contribution in [1.29, 1.82) is 0 Å². The number of amides is 2. The molecule has 0 aromatic heterocycles. The van der Waals surface area contributed by atoms with Crippen LogP contribution in [-0.4, -0.2) is 36.4 Å². The van der Waals surface area contributed by atoms with E-state index in [0.717, 1.165) is 5.56 Å². The lowest BCUT2D eigenvalue weighted by atomic mass is 10.1. The van der Waals surface area contributed by atoms with Gasteiger partial charge in [-0.15, -0.1) is 0 Å². The van der Waals surface area contributed by atoms with Crippen LogP contribution < -0.4 is 10.1 Å². The molecule has 1 atom stereocenters. The maximum absolute atomic E-state index is 12.8. The topological polar surface area (TPSA) is 58.6 Å². The second-order valence-corrected chi connectivity index (χ2v) is 5.65. The molecule has 5 heteroatoms. The van der Waals surface area contributed by atoms with Gasteiger partial charge in [0.05, 0.1) is 0 Å². The molecule has 2 aromatic rings. The van der Waals surface area contributed by atoms with Crippen LogP contribution in [-0.2, 0) is 16.1 Å². The molecule has 0 saturated heterocycles. The van der Waals surface area contributed by atoms with E-state index in [9.17, 15) is 9.59 Å². The number of rotatable bonds is 8. The van der Waals surface area contributed by atoms with Gasteiger partial charge in [0.15, 0.2) is 6.61 Å². The summed E-state index contributed by atoms with van der Waals surface area (Å²) in [5, 5.41) is 2.64. The Hall–Kier alpha value is -2.82. The van der Waals surface area contributed by atoms with Crippen LogP contribution >= 0.6 is 0 Å². The highest BCUT2D eigenvalue weighted by Crippen LogP contribution is 2.14. The zero-order valence-corrected chi connectivity index (χ0v) is 14.6. The van der Waals surface area contributed by atoms with Crippen LogP contribution in [0.2, 0.25) is 0 Å². The third-order valence-corrected chi connectivity index (χ3v) is 3.93. The van der Waals surface area contributed by atoms with Gasteiger partial charge in [-0.25, -0.2) is 0 Å². The van der Waals surface area contributed by atoms with Gasteiger partial charge in [0.2, 0.25) is 5.91 Å². The first-order chi connectivity index (χ1) is 12.2. The molecule has 2 amide bonds. The van der Waals surface area contributed by atoms with Crippen molar-refractivity contribution in [2.24, 2.45) is 0 Å². The van der Waals surface area contributed by atoms with Crippen molar-refractivity contribution >= 4 is 11.8 Å². The van der Waals surface area contributed by atoms with E-state index in [2.05, 4.69) is 5.32 Å². The molecule has 0 spiro atoms. The van der Waals surface area contributed by atoms with Gasteiger partial charge in [0.1, 0.15) is 11.8 Å². The molecule has 0 aliphatic carbocycles. The van der Waals surface area contributed by atoms with Crippen molar-refractivity contribution in [1.82, 2.24) is 10.2 Å². The Labute approximate surface area is 148 Å². The minimum atomic E-state index is -0.530. The number of para-hydroxylation sites is 1. The van der Waals surface area contributed by atoms with Crippen molar-refractivity contribution < 1.29 is 14.3 Å². The summed E-state index contributed by atoms with van der Waals surface area (Å²) >= 11 is 0. The van der Waals surface area contributed by atoms with Gasteiger partial charge in [-0.1, -0.05) is 55.5 Å². The van der Waals surface area contributed by atoms with Gasteiger partial charge in [-0.2, -0.15) is 0 Å². The van der Waals surface area contributed by atoms with Crippen molar-refractivity contribution in [3.8, 4) is 5.75 Å². The number of hydrogen-bond acceptors (Lipinski definition) is 3. The lowest BCUT2D eigenvalue weighted by molar-refractivity contribution is -0.142. The number of ether oxygens (including phenoxy) is 1. The summed E-state index contributed by atoms with van der Waals surface area (Å²) in [4.78, 5) is 26.6. The maximum Gasteiger partial charge on any atom is 0.261 e. The third-order valence-electron chi connectivity index (χ3n) is 3.93. The summed E-state index contributed by atoms with van der Waals surface area (Å²) in [5.74, 6) is 0.234. The molecule has 0 bridgehead atoms. The zero-order valence-electron chi connectivity index (χ0n) is 14.6. The van der Waals surface area contributed by atoms with Crippen molar-refractivity contribution in [2.75, 3.05) is 13.7 Å². The monoisotopic (exact) mass is 340 g/mol. The molecular weight excluding hydrogens is 316 g/mol. The first-order valence-corrected chi connectivity index (χ1v) is 8.38. The molecule has 0 unspecified atom stereocenters. The Balaban J connectivity index is 2.14. The van der Waals surface area contributed by atoms with Gasteiger partial charge in [-0.05, 0) is 24.1 Å². The summed E-state index contributed by atoms with van der Waals surface area (Å²) in [6.45, 7) is 2.15. The SMILES string of the molecule is CC[C@H](C(=O)NC)N(Cc1ccccc1)C(=O)COc1ccccc1. The average Bonchev–Trinajstić information content (AvgIpc) is 2.67. The minimum Gasteiger partial charge on any atom is -0.484 e. The Morgan fingerprint density at radius 2 is 1.64 bits per heavy atom. The Morgan fingerprint density at radius 1 is 1.04 bits per heavy atom. The molecule has 2 aromatic carbocycles. The van der Waals surface area contributed by atoms with E-state index in [-0.39, 0.29) is 18.4 Å². The number of carbonyl (C=O) groups is 2. The number of likely N-dealkylation sites (N-methyl/N-ethyl adjacent to an activating group) is 1. The first-order valence-electron chi connectivity index (χ1n) is 8.38. The molecule has 1 N–H and O–H groups in total. The number of benzene rings is 2. The van der Waals surface area contributed by atoms with E-state index in [4.69, 9.17) is 4.74 Å². The van der Waals surface area contributed by atoms with E-state index in [1.165, 1.54) is 0 Å². The highest BCUT2D eigenvalue weighted by Gasteiger charge is 2.28. The number of nitrogens with zero attached hydrogens (tertiary/aromatic N) is 1. The predicted molar refractivity (Wildman–Crippen MR) is 97.1 cm³/mol. The quantitative estimate of drug-likeness (QED) is 0.804. The standard InChI is InChI=1S/C20H24N2O3/c1-3-18(20(24)21-2)22(14-16-10-6-4-7-11-16)19(23)15-25-17-12-8-5-9-13-17/h4-13,18H,3,14-15H2,1-2H3,(H,21,24)/t18-/m1/s1. The number of carbonyl (C=O) groups excluding carboxylic acids is 2. The van der Waals surface area contributed by atoms with Crippen molar-refractivity contribution in [3.05, 3.63) is 66.2 Å². The Morgan fingerprint density at radius 3 is 2.20 bits per heavy atom. The molecule has 25 heavy (non-hydrogen) atoms. The van der Waals surface area contributed by atoms with Crippen LogP contribution in [0.5, 0.6) is 5.75 Å². The molecule has 0 aliphatic rings. The molecule has 0 aliphatic heterocycles. The molecule has 0 radical (unpaired) electrons. The van der Waals surface area contributed by atoms with E-state index < -0.39 is 6.04 Å². The zero-order chi connectivity index (χ0) is 18.1. The van der Waals surface area contributed by atoms with Crippen LogP contribution in [0.25, 0.3) is 0 Å². The van der Waals surface area contributed by atoms with Gasteiger partial charge < -0.3 is 15.0 Å². The molecule has 0 fully saturated rings. The van der Waals surface area contributed by atoms with E-state index in [1.807, 2.05) is 55.5 Å². The lowest BCUT2D eigenvalue weighted by Gasteiger charge is -2.30. The second-order valence-electron chi connectivity index (χ2n) is 5.65. The molecular formula is C20H24N2O3. The van der Waals surface area contributed by atoms with Crippen LogP contribution in [0.15, 0.2) is 60.7 Å². The highest BCUT2D eigenvalue weighted by molar-refractivity contribution is 5.88. The molecule has 2 rings (SSSR count). The molecule has 132 valence electrons. The normalized spacial score (nSPS) is 11.4. The van der Waals surface area contributed by atoms with Gasteiger partial charge in [0, 0.05) is 13.6 Å². The lowest BCUT2D eigenvalue weighted by Crippen LogP contribution is -2.49. The van der Waals surface area contributed by atoms with Crippen LogP contribution in [0, 0.1) is 0 Å². The molecule has 5 nitrogen and oxygen atoms in total. The van der Waals surface area contributed by atoms with Crippen LogP contribution in [0.3, 0.4) is 0 Å². The number of nitrogens with one attached hydrogen (secondary N) is 1. The average molecular weight is 340 g/mol. The summed E-state index contributed by atoms with van der Waals surface area (Å²) in [5.41, 5.74) is 0.970. The van der Waals surface area contributed by atoms with Gasteiger partial charge >= 0.3 is 0 Å². The van der Waals surface area contributed by atoms with Crippen LogP contribution in [0.4, 0.5) is 0 Å². The highest BCUT2D eigenvalue weighted by atomic mass is 16.5. The predicted octanol–water partition coefficient (Wildman–Crippen LogP) is 2.62. The Bertz CT molecular complexity index is 674. The summed E-state index contributed by atoms with van der Waals surface area (Å²) in [6, 6.07) is 18.3. The fraction of sp³-hybridized carbons (Fsp3) is 0.300. The van der Waals surface area contributed by atoms with Crippen molar-refractivity contribution in [2.45, 2.75) is 25.9 Å². The first kappa shape index (κ1) is 18.5. The summed E-state index contributed by atoms with van der Waals surface area (Å²) in [6.07, 6.45) is 0.531. The third kappa shape index (κ3) is 5.35. The minimum absolute atomic E-state index is 0.107. The number of hydrogen-bond donors (Lipinski definition) is 1. The fourth-order valence-corrected chi connectivity index (χ4v) is 2.61. The molecule has 0 saturated carbocycles. The van der Waals surface area contributed by atoms with Crippen molar-refractivity contribution in [3.63, 3.8) is 0 Å². The largest absolute Gasteiger partial charge is 0.484 e. The van der Waals surface area contributed by atoms with E-state index >= 15 is 0 Å². The van der Waals surface area contributed by atoms with Gasteiger partial charge in [-0.3, -0.25) is 9.59 Å². The summed E-state index contributed by atoms with van der Waals surface area (Å²) in [7, 11) is 1.58.